The predicted molar refractivity (Wildman–Crippen MR) is 62.8 cm³/mol. The van der Waals surface area contributed by atoms with Gasteiger partial charge < -0.3 is 0 Å². The zero-order chi connectivity index (χ0) is 10.7. The first-order chi connectivity index (χ1) is 6.52. The number of nitrogens with zero attached hydrogens (tertiary/aromatic N) is 1. The lowest BCUT2D eigenvalue weighted by Crippen LogP contribution is -2.47. The Labute approximate surface area is 91.4 Å². The van der Waals surface area contributed by atoms with Crippen LogP contribution in [0.3, 0.4) is 0 Å². The fourth-order valence-electron chi connectivity index (χ4n) is 1.60. The summed E-state index contributed by atoms with van der Waals surface area (Å²) in [7, 11) is 0. The molecule has 1 heterocycles. The molecule has 0 spiro atoms. The zero-order valence-corrected chi connectivity index (χ0v) is 10.4. The Morgan fingerprint density at radius 3 is 2.71 bits per heavy atom. The van der Waals surface area contributed by atoms with Crippen molar-refractivity contribution >= 4 is 17.5 Å². The van der Waals surface area contributed by atoms with Crippen molar-refractivity contribution in [3.05, 3.63) is 0 Å². The Morgan fingerprint density at radius 2 is 2.14 bits per heavy atom. The van der Waals surface area contributed by atoms with Crippen molar-refractivity contribution in [3.63, 3.8) is 0 Å². The highest BCUT2D eigenvalue weighted by atomic mass is 32.2. The van der Waals surface area contributed by atoms with E-state index in [9.17, 15) is 4.79 Å². The molecule has 0 radical (unpaired) electrons. The van der Waals surface area contributed by atoms with Crippen LogP contribution in [0.4, 0.5) is 0 Å². The van der Waals surface area contributed by atoms with Crippen molar-refractivity contribution in [2.75, 3.05) is 18.8 Å². The van der Waals surface area contributed by atoms with Crippen LogP contribution in [0.1, 0.15) is 27.7 Å². The van der Waals surface area contributed by atoms with E-state index in [1.165, 1.54) is 0 Å². The van der Waals surface area contributed by atoms with Crippen molar-refractivity contribution < 1.29 is 4.79 Å². The quantitative estimate of drug-likeness (QED) is 0.718. The maximum absolute atomic E-state index is 11.6. The minimum absolute atomic E-state index is 0.173. The zero-order valence-electron chi connectivity index (χ0n) is 9.62. The number of Topliss-reactive ketones (excluding diaryl/α,β-unsaturated/α-hetero) is 1. The normalized spacial score (nSPS) is 29.5. The lowest BCUT2D eigenvalue weighted by Gasteiger charge is -2.37. The Balaban J connectivity index is 2.47. The van der Waals surface area contributed by atoms with Gasteiger partial charge in [0.1, 0.15) is 5.78 Å². The maximum Gasteiger partial charge on any atom is 0.149 e. The van der Waals surface area contributed by atoms with Crippen molar-refractivity contribution in [1.29, 1.82) is 0 Å². The molecule has 2 nitrogen and oxygen atoms in total. The minimum Gasteiger partial charge on any atom is -0.298 e. The highest BCUT2D eigenvalue weighted by Gasteiger charge is 2.26. The molecular weight excluding hydrogens is 194 g/mol. The maximum atomic E-state index is 11.6. The Hall–Kier alpha value is -0.0200. The standard InChI is InChI=1S/C11H21NOS/c1-8(2)11(13)7-12-5-6-14-10(4)9(12)3/h8-10H,5-7H2,1-4H3. The third kappa shape index (κ3) is 2.99. The molecule has 0 aromatic heterocycles. The fraction of sp³-hybridized carbons (Fsp3) is 0.909. The van der Waals surface area contributed by atoms with Gasteiger partial charge in [0.2, 0.25) is 0 Å². The van der Waals surface area contributed by atoms with Gasteiger partial charge in [0.25, 0.3) is 0 Å². The smallest absolute Gasteiger partial charge is 0.149 e. The van der Waals surface area contributed by atoms with E-state index < -0.39 is 0 Å². The number of hydrogen-bond donors (Lipinski definition) is 0. The van der Waals surface area contributed by atoms with Gasteiger partial charge in [0, 0.05) is 29.5 Å². The number of thioether (sulfide) groups is 1. The molecular formula is C11H21NOS. The minimum atomic E-state index is 0.173. The monoisotopic (exact) mass is 215 g/mol. The van der Waals surface area contributed by atoms with E-state index in [4.69, 9.17) is 0 Å². The highest BCUT2D eigenvalue weighted by molar-refractivity contribution is 8.00. The predicted octanol–water partition coefficient (Wildman–Crippen LogP) is 2.04. The van der Waals surface area contributed by atoms with Crippen molar-refractivity contribution in [3.8, 4) is 0 Å². The molecule has 0 saturated carbocycles. The summed E-state index contributed by atoms with van der Waals surface area (Å²) in [4.78, 5) is 13.9. The van der Waals surface area contributed by atoms with Gasteiger partial charge in [-0.3, -0.25) is 9.69 Å². The van der Waals surface area contributed by atoms with E-state index in [2.05, 4.69) is 18.7 Å². The van der Waals surface area contributed by atoms with E-state index in [0.29, 0.717) is 23.6 Å². The summed E-state index contributed by atoms with van der Waals surface area (Å²) in [5, 5.41) is 0.656. The van der Waals surface area contributed by atoms with Gasteiger partial charge in [0.05, 0.1) is 6.54 Å². The summed E-state index contributed by atoms with van der Waals surface area (Å²) in [6.45, 7) is 10.1. The van der Waals surface area contributed by atoms with Gasteiger partial charge in [-0.25, -0.2) is 0 Å². The molecule has 1 fully saturated rings. The molecule has 3 heteroatoms. The fourth-order valence-corrected chi connectivity index (χ4v) is 2.76. The summed E-state index contributed by atoms with van der Waals surface area (Å²) in [5.41, 5.74) is 0. The molecule has 1 aliphatic heterocycles. The van der Waals surface area contributed by atoms with Gasteiger partial charge >= 0.3 is 0 Å². The number of carbonyl (C=O) groups is 1. The molecule has 82 valence electrons. The first-order valence-corrected chi connectivity index (χ1v) is 6.45. The molecule has 0 amide bonds. The second-order valence-corrected chi connectivity index (χ2v) is 5.89. The second-order valence-electron chi connectivity index (χ2n) is 4.41. The first-order valence-electron chi connectivity index (χ1n) is 5.40. The number of rotatable bonds is 3. The van der Waals surface area contributed by atoms with Gasteiger partial charge in [-0.15, -0.1) is 0 Å². The largest absolute Gasteiger partial charge is 0.298 e. The van der Waals surface area contributed by atoms with Gasteiger partial charge in [-0.2, -0.15) is 11.8 Å². The molecule has 0 aromatic carbocycles. The van der Waals surface area contributed by atoms with E-state index in [-0.39, 0.29) is 5.92 Å². The molecule has 0 bridgehead atoms. The van der Waals surface area contributed by atoms with Crippen LogP contribution in [0.2, 0.25) is 0 Å². The average Bonchev–Trinajstić information content (AvgIpc) is 2.12. The van der Waals surface area contributed by atoms with E-state index >= 15 is 0 Å². The molecule has 2 atom stereocenters. The summed E-state index contributed by atoms with van der Waals surface area (Å²) in [5.74, 6) is 1.71. The molecule has 0 aliphatic carbocycles. The molecule has 0 N–H and O–H groups in total. The van der Waals surface area contributed by atoms with Gasteiger partial charge in [0.15, 0.2) is 0 Å². The lowest BCUT2D eigenvalue weighted by atomic mass is 10.1. The summed E-state index contributed by atoms with van der Waals surface area (Å²) in [6.07, 6.45) is 0. The van der Waals surface area contributed by atoms with Crippen LogP contribution in [-0.2, 0) is 4.79 Å². The highest BCUT2D eigenvalue weighted by Crippen LogP contribution is 2.24. The van der Waals surface area contributed by atoms with Crippen LogP contribution >= 0.6 is 11.8 Å². The van der Waals surface area contributed by atoms with Gasteiger partial charge in [-0.05, 0) is 6.92 Å². The first kappa shape index (κ1) is 12.1. The van der Waals surface area contributed by atoms with E-state index in [0.717, 1.165) is 12.3 Å². The van der Waals surface area contributed by atoms with Gasteiger partial charge in [-0.1, -0.05) is 20.8 Å². The molecule has 1 saturated heterocycles. The number of hydrogen-bond acceptors (Lipinski definition) is 3. The van der Waals surface area contributed by atoms with Crippen molar-refractivity contribution in [2.45, 2.75) is 39.0 Å². The molecule has 1 aliphatic rings. The Morgan fingerprint density at radius 1 is 1.50 bits per heavy atom. The van der Waals surface area contributed by atoms with E-state index in [1.807, 2.05) is 25.6 Å². The van der Waals surface area contributed by atoms with Crippen LogP contribution in [0.15, 0.2) is 0 Å². The van der Waals surface area contributed by atoms with Crippen LogP contribution < -0.4 is 0 Å². The summed E-state index contributed by atoms with van der Waals surface area (Å²) < 4.78 is 0. The average molecular weight is 215 g/mol. The Bertz CT molecular complexity index is 205. The third-order valence-corrected chi connectivity index (χ3v) is 4.36. The number of carbonyl (C=O) groups excluding carboxylic acids is 1. The third-order valence-electron chi connectivity index (χ3n) is 3.02. The molecule has 1 rings (SSSR count). The summed E-state index contributed by atoms with van der Waals surface area (Å²) >= 11 is 2.01. The summed E-state index contributed by atoms with van der Waals surface area (Å²) in [6, 6.07) is 0.538. The topological polar surface area (TPSA) is 20.3 Å². The second kappa shape index (κ2) is 5.17. The molecule has 0 aromatic rings. The number of ketones is 1. The Kier molecular flexibility index (Phi) is 4.45. The van der Waals surface area contributed by atoms with Crippen LogP contribution in [-0.4, -0.2) is 40.8 Å². The van der Waals surface area contributed by atoms with Crippen molar-refractivity contribution in [2.24, 2.45) is 5.92 Å². The SMILES string of the molecule is CC(C)C(=O)CN1CCSC(C)C1C. The van der Waals surface area contributed by atoms with Crippen LogP contribution in [0.25, 0.3) is 0 Å². The molecule has 14 heavy (non-hydrogen) atoms. The van der Waals surface area contributed by atoms with E-state index in [1.54, 1.807) is 0 Å². The molecule has 2 unspecified atom stereocenters. The van der Waals surface area contributed by atoms with Crippen LogP contribution in [0.5, 0.6) is 0 Å². The lowest BCUT2D eigenvalue weighted by molar-refractivity contribution is -0.123. The van der Waals surface area contributed by atoms with Crippen molar-refractivity contribution in [1.82, 2.24) is 4.90 Å². The van der Waals surface area contributed by atoms with Crippen LogP contribution in [0, 0.1) is 5.92 Å².